The molecule has 0 unspecified atom stereocenters. The zero-order chi connectivity index (χ0) is 88.3. The van der Waals surface area contributed by atoms with Gasteiger partial charge in [-0.2, -0.15) is 0 Å². The number of unbranched alkanes of at least 4 members (excludes halogenated alkanes) is 3. The van der Waals surface area contributed by atoms with Crippen molar-refractivity contribution in [2.75, 3.05) is 40.3 Å². The van der Waals surface area contributed by atoms with Gasteiger partial charge in [-0.1, -0.05) is 80.8 Å². The van der Waals surface area contributed by atoms with Crippen LogP contribution in [0.2, 0.25) is 0 Å². The summed E-state index contributed by atoms with van der Waals surface area (Å²) in [6.45, 7) is 27.2. The van der Waals surface area contributed by atoms with Gasteiger partial charge in [0, 0.05) is 57.2 Å². The highest BCUT2D eigenvalue weighted by Gasteiger charge is 2.42. The van der Waals surface area contributed by atoms with Gasteiger partial charge in [0.15, 0.2) is 0 Å². The number of nitrogens with zero attached hydrogens (tertiary/aromatic N) is 4. The summed E-state index contributed by atoms with van der Waals surface area (Å²) in [6, 6.07) is 14.8. The molecule has 10 N–H and O–H groups in total. The Morgan fingerprint density at radius 3 is 1.62 bits per heavy atom. The third-order valence-corrected chi connectivity index (χ3v) is 18.5. The summed E-state index contributed by atoms with van der Waals surface area (Å²) in [4.78, 5) is 192. The Kier molecular flexibility index (Phi) is 35.8. The van der Waals surface area contributed by atoms with Gasteiger partial charge in [-0.05, 0) is 207 Å². The molecule has 0 aliphatic carbocycles. The van der Waals surface area contributed by atoms with E-state index in [1.54, 1.807) is 153 Å². The number of carbonyl (C=O) groups is 13. The fourth-order valence-corrected chi connectivity index (χ4v) is 13.0. The molecule has 0 spiro atoms. The van der Waals surface area contributed by atoms with Gasteiger partial charge in [-0.15, -0.1) is 0 Å². The fourth-order valence-electron chi connectivity index (χ4n) is 13.0. The third kappa shape index (κ3) is 33.3. The van der Waals surface area contributed by atoms with E-state index >= 15 is 14.4 Å². The van der Waals surface area contributed by atoms with Crippen molar-refractivity contribution in [1.29, 1.82) is 0 Å². The Hall–Kier alpha value is -11.2. The van der Waals surface area contributed by atoms with E-state index in [9.17, 15) is 47.9 Å². The minimum Gasteiger partial charge on any atom is -0.488 e. The number of hydrogen-bond donors (Lipinski definition) is 9. The fraction of sp³-hybridized carbons (Fsp3) is 0.563. The van der Waals surface area contributed by atoms with Crippen LogP contribution in [0.4, 0.5) is 9.59 Å². The van der Waals surface area contributed by atoms with E-state index in [0.717, 1.165) is 12.0 Å². The van der Waals surface area contributed by atoms with E-state index < -0.39 is 173 Å². The van der Waals surface area contributed by atoms with Crippen LogP contribution in [0.3, 0.4) is 0 Å². The van der Waals surface area contributed by atoms with E-state index in [2.05, 4.69) is 47.5 Å². The van der Waals surface area contributed by atoms with Crippen molar-refractivity contribution in [1.82, 2.24) is 61.9 Å². The molecule has 3 heterocycles. The quantitative estimate of drug-likeness (QED) is 0.0105. The number of nitrogens with two attached hydrogens (primary N) is 1. The number of esters is 2. The Morgan fingerprint density at radius 1 is 0.521 bits per heavy atom. The number of amides is 10. The first-order valence-corrected chi connectivity index (χ1v) is 40.6. The zero-order valence-electron chi connectivity index (χ0n) is 72.3. The predicted octanol–water partition coefficient (Wildman–Crippen LogP) is 7.43. The number of carbonyl (C=O) groups excluding carboxylic acids is 13. The van der Waals surface area contributed by atoms with Crippen molar-refractivity contribution in [3.8, 4) is 11.5 Å². The van der Waals surface area contributed by atoms with Crippen molar-refractivity contribution in [2.45, 2.75) is 277 Å². The summed E-state index contributed by atoms with van der Waals surface area (Å²) in [7, 11) is 2.49. The molecular weight excluding hydrogens is 1530 g/mol. The van der Waals surface area contributed by atoms with Gasteiger partial charge in [-0.3, -0.25) is 52.7 Å². The molecule has 1 saturated heterocycles. The van der Waals surface area contributed by atoms with Crippen LogP contribution >= 0.6 is 0 Å². The maximum Gasteiger partial charge on any atom is 0.420 e. The number of likely N-dealkylation sites (tertiary alicyclic amines) is 1. The molecule has 652 valence electrons. The molecule has 32 nitrogen and oxygen atoms in total. The molecule has 8 atom stereocenters. The number of aromatic nitrogens is 2. The zero-order valence-corrected chi connectivity index (χ0v) is 72.3. The number of benzene rings is 3. The molecule has 1 aliphatic heterocycles. The number of fused-ring (bicyclic) bond motifs is 1. The van der Waals surface area contributed by atoms with Crippen LogP contribution in [0.1, 0.15) is 197 Å². The van der Waals surface area contributed by atoms with E-state index in [0.29, 0.717) is 64.8 Å². The second-order valence-corrected chi connectivity index (χ2v) is 34.7. The van der Waals surface area contributed by atoms with E-state index in [-0.39, 0.29) is 76.5 Å². The lowest BCUT2D eigenvalue weighted by atomic mass is 10.00. The van der Waals surface area contributed by atoms with Crippen LogP contribution in [0, 0.1) is 0 Å². The first-order valence-electron chi connectivity index (χ1n) is 40.6. The van der Waals surface area contributed by atoms with E-state index in [4.69, 9.17) is 34.2 Å². The minimum atomic E-state index is -1.55. The minimum absolute atomic E-state index is 0.0130. The van der Waals surface area contributed by atoms with Gasteiger partial charge >= 0.3 is 24.1 Å². The molecule has 0 radical (unpaired) electrons. The number of alkyl carbamates (subject to hydrolysis) is 1. The summed E-state index contributed by atoms with van der Waals surface area (Å²) in [6.07, 6.45) is 2.92. The first kappa shape index (κ1) is 96.7. The van der Waals surface area contributed by atoms with Gasteiger partial charge in [0.05, 0.1) is 26.1 Å². The molecule has 6 rings (SSSR count). The van der Waals surface area contributed by atoms with Gasteiger partial charge in [0.1, 0.15) is 94.0 Å². The SMILES string of the molecule is CCCCC[C@H](NC(=O)[C@H](Cc1ccc(OC(C)(C)C)cc1)NC(=O)[C@H](Cc1ccccc1)N(C)C(=O)CNC(=O)[C@H](CCCCNC(=O)OC(C)(C)C)NC(=O)[C@H]1CCCN1C(=O)[C@H](CC(=O)OC(C)(C)C)NC(=O)[C@@H](N)Cc1ccc(OC(C)(C)C)cc1)C(=O)N[C@@H](Cc1cn(C(=O)OC(C)(C)C)c2ncccc12)C(=O)NCC(=O)OC. The molecule has 5 aromatic rings. The Morgan fingerprint density at radius 2 is 1.04 bits per heavy atom. The Bertz CT molecular complexity index is 4290. The first-order chi connectivity index (χ1) is 55.7. The van der Waals surface area contributed by atoms with Crippen LogP contribution in [0.25, 0.3) is 11.0 Å². The molecule has 1 fully saturated rings. The van der Waals surface area contributed by atoms with Gasteiger partial charge in [0.2, 0.25) is 53.2 Å². The second kappa shape index (κ2) is 44.0. The van der Waals surface area contributed by atoms with Crippen LogP contribution in [-0.2, 0) is 97.4 Å². The van der Waals surface area contributed by atoms with Crippen LogP contribution in [0.15, 0.2) is 103 Å². The van der Waals surface area contributed by atoms with E-state index in [1.807, 2.05) is 48.5 Å². The number of methoxy groups -OCH3 is 1. The number of likely N-dealkylation sites (N-methyl/N-ethyl adjacent to an activating group) is 1. The van der Waals surface area contributed by atoms with Gasteiger partial charge in [-0.25, -0.2) is 19.1 Å². The lowest BCUT2D eigenvalue weighted by Gasteiger charge is -2.31. The lowest BCUT2D eigenvalue weighted by molar-refractivity contribution is -0.158. The summed E-state index contributed by atoms with van der Waals surface area (Å²) in [5.74, 6) is -7.76. The lowest BCUT2D eigenvalue weighted by Crippen LogP contribution is -2.60. The Labute approximate surface area is 698 Å². The number of hydrogen-bond acceptors (Lipinski definition) is 21. The summed E-state index contributed by atoms with van der Waals surface area (Å²) >= 11 is 0. The van der Waals surface area contributed by atoms with Crippen LogP contribution in [-0.4, -0.2) is 213 Å². The molecule has 3 aromatic carbocycles. The highest BCUT2D eigenvalue weighted by atomic mass is 16.6. The van der Waals surface area contributed by atoms with Crippen molar-refractivity contribution in [2.24, 2.45) is 5.73 Å². The van der Waals surface area contributed by atoms with E-state index in [1.165, 1.54) is 28.9 Å². The molecule has 2 aromatic heterocycles. The van der Waals surface area contributed by atoms with Crippen molar-refractivity contribution < 1.29 is 90.8 Å². The highest BCUT2D eigenvalue weighted by Crippen LogP contribution is 2.27. The molecule has 32 heteroatoms. The number of pyridine rings is 1. The van der Waals surface area contributed by atoms with Gasteiger partial charge < -0.3 is 86.5 Å². The smallest absolute Gasteiger partial charge is 0.420 e. The average molecular weight is 1660 g/mol. The molecule has 0 bridgehead atoms. The maximum atomic E-state index is 15.4. The van der Waals surface area contributed by atoms with Crippen molar-refractivity contribution >= 4 is 88.3 Å². The molecule has 10 amide bonds. The molecular formula is C87H125N13O19. The third-order valence-electron chi connectivity index (χ3n) is 18.5. The summed E-state index contributed by atoms with van der Waals surface area (Å²) < 4.78 is 34.7. The van der Waals surface area contributed by atoms with Crippen LogP contribution < -0.4 is 57.7 Å². The molecule has 1 aliphatic rings. The van der Waals surface area contributed by atoms with Crippen LogP contribution in [0.5, 0.6) is 11.5 Å². The topological polar surface area (TPSA) is 424 Å². The number of nitrogens with one attached hydrogen (secondary N) is 8. The average Bonchev–Trinajstić information content (AvgIpc) is 1.64. The number of ether oxygens (including phenoxy) is 6. The maximum absolute atomic E-state index is 15.4. The molecule has 0 saturated carbocycles. The second-order valence-electron chi connectivity index (χ2n) is 34.7. The number of rotatable bonds is 39. The Balaban J connectivity index is 1.29. The summed E-state index contributed by atoms with van der Waals surface area (Å²) in [5.41, 5.74) is 5.13. The normalized spacial score (nSPS) is 14.8. The predicted molar refractivity (Wildman–Crippen MR) is 446 cm³/mol. The summed E-state index contributed by atoms with van der Waals surface area (Å²) in [5, 5.41) is 22.3. The van der Waals surface area contributed by atoms with Gasteiger partial charge in [0.25, 0.3) is 0 Å². The largest absolute Gasteiger partial charge is 0.488 e. The van der Waals surface area contributed by atoms with Crippen molar-refractivity contribution in [3.63, 3.8) is 0 Å². The standard InChI is InChI=1S/C87H125N13O19/c1-19-20-22-32-63(76(107)95-65(75(106)92-52-71(103)114-18)49-57-53-100(82(113)119-87(14,15)16)72-60(57)31-27-44-89-72)93-77(108)64(47-56-37-41-59(42-38-56)116-84(5,6)7)96-79(110)68(48-54-29-23-21-24-30-54)98(17)69(101)51-91-74(105)62(33-25-26-43-90-81(112)118-86(11,12)13)94-78(109)67-34-28-45-99(67)80(111)66(50-70(102)117-85(8,9)10)97-73(104)61(88)46-55-35-39-58(40-36-55)115-83(2,3)4/h21,23-24,27,29-31,35-42,44,53,61-68H,19-20,22,25-26,28,32-34,43,45-52,88H2,1-18H3,(H,90,112)(H,91,105)(H,92,106)(H,93,108)(H,94,109)(H,95,107)(H,96,110)(H,97,104)/t61-,62-,63-,64-,65-,66-,67+,68-/m0/s1. The molecule has 119 heavy (non-hydrogen) atoms. The highest BCUT2D eigenvalue weighted by molar-refractivity contribution is 5.99. The monoisotopic (exact) mass is 1660 g/mol. The van der Waals surface area contributed by atoms with Crippen molar-refractivity contribution in [3.05, 3.63) is 126 Å².